The second-order valence-corrected chi connectivity index (χ2v) is 4.20. The van der Waals surface area contributed by atoms with Gasteiger partial charge in [-0.1, -0.05) is 0 Å². The third-order valence-electron chi connectivity index (χ3n) is 2.78. The predicted octanol–water partition coefficient (Wildman–Crippen LogP) is 1.76. The number of hydrogen-bond donors (Lipinski definition) is 1. The van der Waals surface area contributed by atoms with E-state index in [2.05, 4.69) is 5.10 Å². The van der Waals surface area contributed by atoms with E-state index in [9.17, 15) is 18.7 Å². The molecule has 1 aliphatic rings. The quantitative estimate of drug-likeness (QED) is 0.879. The molecule has 2 rings (SSSR count). The van der Waals surface area contributed by atoms with Gasteiger partial charge in [0.25, 0.3) is 12.3 Å². The number of nitrogens with zero attached hydrogens (tertiary/aromatic N) is 2. The fourth-order valence-corrected chi connectivity index (χ4v) is 1.86. The molecule has 0 saturated heterocycles. The number of aryl methyl sites for hydroxylation is 1. The van der Waals surface area contributed by atoms with E-state index in [1.807, 2.05) is 0 Å². The maximum absolute atomic E-state index is 12.9. The van der Waals surface area contributed by atoms with Crippen LogP contribution >= 0.6 is 0 Å². The summed E-state index contributed by atoms with van der Waals surface area (Å²) < 4.78 is 30.8. The number of carbonyl (C=O) groups is 1. The SMILES string of the molecule is CC1=NN(C(=O)c2ccoc2C)C(O)(C(F)F)C1. The van der Waals surface area contributed by atoms with E-state index >= 15 is 0 Å². The number of furan rings is 1. The van der Waals surface area contributed by atoms with Crippen LogP contribution in [0.4, 0.5) is 8.78 Å². The molecule has 0 fully saturated rings. The maximum Gasteiger partial charge on any atom is 0.287 e. The lowest BCUT2D eigenvalue weighted by Crippen LogP contribution is -2.51. The monoisotopic (exact) mass is 258 g/mol. The minimum absolute atomic E-state index is 0.104. The number of hydrogen-bond acceptors (Lipinski definition) is 4. The summed E-state index contributed by atoms with van der Waals surface area (Å²) in [6, 6.07) is 1.35. The molecule has 1 amide bonds. The zero-order valence-electron chi connectivity index (χ0n) is 9.85. The van der Waals surface area contributed by atoms with E-state index in [-0.39, 0.29) is 23.5 Å². The van der Waals surface area contributed by atoms with Crippen LogP contribution in [0.25, 0.3) is 0 Å². The lowest BCUT2D eigenvalue weighted by atomic mass is 10.1. The number of carbonyl (C=O) groups excluding carboxylic acids is 1. The average molecular weight is 258 g/mol. The summed E-state index contributed by atoms with van der Waals surface area (Å²) in [5.74, 6) is -0.516. The number of amides is 1. The molecule has 0 spiro atoms. The van der Waals surface area contributed by atoms with Crippen molar-refractivity contribution in [3.05, 3.63) is 23.7 Å². The molecule has 1 atom stereocenters. The van der Waals surface area contributed by atoms with Gasteiger partial charge in [-0.25, -0.2) is 8.78 Å². The zero-order chi connectivity index (χ0) is 13.5. The number of alkyl halides is 2. The minimum atomic E-state index is -3.10. The molecule has 1 aromatic heterocycles. The van der Waals surface area contributed by atoms with Gasteiger partial charge in [0.2, 0.25) is 5.72 Å². The molecule has 0 bridgehead atoms. The van der Waals surface area contributed by atoms with Gasteiger partial charge in [0.1, 0.15) is 5.76 Å². The fraction of sp³-hybridized carbons (Fsp3) is 0.455. The van der Waals surface area contributed by atoms with Crippen LogP contribution in [0.1, 0.15) is 29.5 Å². The van der Waals surface area contributed by atoms with E-state index in [1.54, 1.807) is 0 Å². The largest absolute Gasteiger partial charge is 0.469 e. The molecule has 0 aliphatic carbocycles. The van der Waals surface area contributed by atoms with Gasteiger partial charge in [0.15, 0.2) is 0 Å². The molecule has 1 aromatic rings. The van der Waals surface area contributed by atoms with E-state index in [0.29, 0.717) is 5.01 Å². The zero-order valence-corrected chi connectivity index (χ0v) is 9.85. The van der Waals surface area contributed by atoms with Crippen molar-refractivity contribution in [1.29, 1.82) is 0 Å². The molecule has 1 unspecified atom stereocenters. The second kappa shape index (κ2) is 4.16. The van der Waals surface area contributed by atoms with Crippen LogP contribution in [-0.2, 0) is 0 Å². The number of rotatable bonds is 2. The molecule has 0 aromatic carbocycles. The van der Waals surface area contributed by atoms with Crippen LogP contribution in [0.15, 0.2) is 21.8 Å². The van der Waals surface area contributed by atoms with E-state index in [4.69, 9.17) is 4.42 Å². The molecule has 18 heavy (non-hydrogen) atoms. The second-order valence-electron chi connectivity index (χ2n) is 4.20. The normalized spacial score (nSPS) is 23.7. The Balaban J connectivity index is 2.37. The Morgan fingerprint density at radius 1 is 1.61 bits per heavy atom. The standard InChI is InChI=1S/C11H12F2N2O3/c1-6-5-11(17,10(12)13)15(14-6)9(16)8-3-4-18-7(8)2/h3-4,10,17H,5H2,1-2H3. The molecule has 98 valence electrons. The predicted molar refractivity (Wildman–Crippen MR) is 58.3 cm³/mol. The van der Waals surface area contributed by atoms with Crippen LogP contribution in [0, 0.1) is 6.92 Å². The Morgan fingerprint density at radius 3 is 2.78 bits per heavy atom. The highest BCUT2D eigenvalue weighted by molar-refractivity contribution is 5.98. The molecular formula is C11H12F2N2O3. The molecule has 0 radical (unpaired) electrons. The number of aliphatic hydroxyl groups is 1. The van der Waals surface area contributed by atoms with Crippen LogP contribution in [0.2, 0.25) is 0 Å². The van der Waals surface area contributed by atoms with Gasteiger partial charge in [-0.3, -0.25) is 4.79 Å². The van der Waals surface area contributed by atoms with Gasteiger partial charge < -0.3 is 9.52 Å². The van der Waals surface area contributed by atoms with Gasteiger partial charge in [0, 0.05) is 12.1 Å². The van der Waals surface area contributed by atoms with Crippen molar-refractivity contribution in [1.82, 2.24) is 5.01 Å². The van der Waals surface area contributed by atoms with Gasteiger partial charge in [-0.15, -0.1) is 0 Å². The first-order valence-electron chi connectivity index (χ1n) is 5.29. The van der Waals surface area contributed by atoms with Gasteiger partial charge in [0.05, 0.1) is 11.8 Å². The Morgan fingerprint density at radius 2 is 2.28 bits per heavy atom. The Bertz CT molecular complexity index is 512. The summed E-state index contributed by atoms with van der Waals surface area (Å²) in [6.45, 7) is 3.00. The smallest absolute Gasteiger partial charge is 0.287 e. The highest BCUT2D eigenvalue weighted by atomic mass is 19.3. The van der Waals surface area contributed by atoms with Crippen LogP contribution in [0.5, 0.6) is 0 Å². The Kier molecular flexibility index (Phi) is 2.94. The van der Waals surface area contributed by atoms with Crippen molar-refractivity contribution in [2.45, 2.75) is 32.4 Å². The maximum atomic E-state index is 12.9. The first-order valence-corrected chi connectivity index (χ1v) is 5.29. The highest BCUT2D eigenvalue weighted by Gasteiger charge is 2.51. The van der Waals surface area contributed by atoms with Gasteiger partial charge >= 0.3 is 0 Å². The third-order valence-corrected chi connectivity index (χ3v) is 2.78. The van der Waals surface area contributed by atoms with Crippen molar-refractivity contribution in [3.8, 4) is 0 Å². The van der Waals surface area contributed by atoms with Crippen LogP contribution in [0.3, 0.4) is 0 Å². The van der Waals surface area contributed by atoms with Crippen LogP contribution in [-0.4, -0.2) is 33.9 Å². The van der Waals surface area contributed by atoms with Crippen molar-refractivity contribution < 1.29 is 23.1 Å². The first kappa shape index (κ1) is 12.7. The van der Waals surface area contributed by atoms with Crippen LogP contribution < -0.4 is 0 Å². The van der Waals surface area contributed by atoms with E-state index in [1.165, 1.54) is 26.2 Å². The molecule has 1 N–H and O–H groups in total. The highest BCUT2D eigenvalue weighted by Crippen LogP contribution is 2.33. The lowest BCUT2D eigenvalue weighted by molar-refractivity contribution is -0.164. The molecular weight excluding hydrogens is 246 g/mol. The topological polar surface area (TPSA) is 66.0 Å². The average Bonchev–Trinajstić information content (AvgIpc) is 2.82. The van der Waals surface area contributed by atoms with Gasteiger partial charge in [-0.2, -0.15) is 10.1 Å². The molecule has 5 nitrogen and oxygen atoms in total. The third kappa shape index (κ3) is 1.80. The summed E-state index contributed by atoms with van der Waals surface area (Å²) in [5.41, 5.74) is -2.20. The molecule has 2 heterocycles. The first-order chi connectivity index (χ1) is 8.36. The molecule has 7 heteroatoms. The fourth-order valence-electron chi connectivity index (χ4n) is 1.86. The molecule has 1 aliphatic heterocycles. The van der Waals surface area contributed by atoms with E-state index < -0.39 is 18.1 Å². The van der Waals surface area contributed by atoms with E-state index in [0.717, 1.165) is 0 Å². The molecule has 0 saturated carbocycles. The van der Waals surface area contributed by atoms with Crippen molar-refractivity contribution in [2.75, 3.05) is 0 Å². The number of halogens is 2. The van der Waals surface area contributed by atoms with Crippen molar-refractivity contribution >= 4 is 11.6 Å². The van der Waals surface area contributed by atoms with Crippen molar-refractivity contribution in [3.63, 3.8) is 0 Å². The Hall–Kier alpha value is -1.76. The summed E-state index contributed by atoms with van der Waals surface area (Å²) in [6.07, 6.45) is -2.20. The summed E-state index contributed by atoms with van der Waals surface area (Å²) in [5, 5.41) is 14.0. The minimum Gasteiger partial charge on any atom is -0.469 e. The summed E-state index contributed by atoms with van der Waals surface area (Å²) >= 11 is 0. The summed E-state index contributed by atoms with van der Waals surface area (Å²) in [7, 11) is 0. The lowest BCUT2D eigenvalue weighted by Gasteiger charge is -2.29. The number of hydrazone groups is 1. The van der Waals surface area contributed by atoms with Crippen molar-refractivity contribution in [2.24, 2.45) is 5.10 Å². The Labute approximate surface area is 102 Å². The van der Waals surface area contributed by atoms with Gasteiger partial charge in [-0.05, 0) is 19.9 Å². The summed E-state index contributed by atoms with van der Waals surface area (Å²) in [4.78, 5) is 12.1.